The summed E-state index contributed by atoms with van der Waals surface area (Å²) in [6.45, 7) is -0.0862. The van der Waals surface area contributed by atoms with Gasteiger partial charge in [0, 0.05) is 22.9 Å². The first-order valence-electron chi connectivity index (χ1n) is 10.5. The van der Waals surface area contributed by atoms with Gasteiger partial charge in [-0.25, -0.2) is 4.98 Å². The van der Waals surface area contributed by atoms with Crippen molar-refractivity contribution in [2.45, 2.75) is 38.1 Å². The summed E-state index contributed by atoms with van der Waals surface area (Å²) in [7, 11) is 0. The van der Waals surface area contributed by atoms with Crippen LogP contribution in [0.3, 0.4) is 0 Å². The average molecular weight is 446 g/mol. The molecule has 0 unspecified atom stereocenters. The average Bonchev–Trinajstić information content (AvgIpc) is 3.19. The van der Waals surface area contributed by atoms with Gasteiger partial charge in [0.15, 0.2) is 11.6 Å². The number of ether oxygens (including phenoxy) is 1. The van der Waals surface area contributed by atoms with Gasteiger partial charge in [-0.1, -0.05) is 24.3 Å². The van der Waals surface area contributed by atoms with E-state index in [1.807, 2.05) is 0 Å². The molecule has 0 bridgehead atoms. The van der Waals surface area contributed by atoms with E-state index in [0.29, 0.717) is 16.9 Å². The van der Waals surface area contributed by atoms with Gasteiger partial charge in [0.2, 0.25) is 0 Å². The lowest BCUT2D eigenvalue weighted by molar-refractivity contribution is -0.120. The molecule has 0 aliphatic heterocycles. The lowest BCUT2D eigenvalue weighted by atomic mass is 9.99. The largest absolute Gasteiger partial charge is 0.486 e. The highest BCUT2D eigenvalue weighted by Crippen LogP contribution is 2.27. The standard InChI is InChI=1S/C25H23N3O3S/c26-14-17-6-4-16(5-7-17)10-20(29)15-31-21-3-1-2-18(11-21)23(30)13-25-28-22-9-8-19(27)12-24(22)32-25/h1-7,11,19H,8-10,12-13,15,27H2/t19-/m0/s1. The van der Waals surface area contributed by atoms with Crippen LogP contribution in [-0.4, -0.2) is 29.2 Å². The summed E-state index contributed by atoms with van der Waals surface area (Å²) in [6.07, 6.45) is 3.12. The van der Waals surface area contributed by atoms with Gasteiger partial charge in [0.25, 0.3) is 0 Å². The van der Waals surface area contributed by atoms with Crippen molar-refractivity contribution in [3.05, 3.63) is 80.8 Å². The molecule has 2 aromatic carbocycles. The van der Waals surface area contributed by atoms with E-state index in [1.165, 1.54) is 4.88 Å². The number of nitrogens with two attached hydrogens (primary N) is 1. The zero-order valence-electron chi connectivity index (χ0n) is 17.5. The summed E-state index contributed by atoms with van der Waals surface area (Å²) in [5, 5.41) is 9.66. The van der Waals surface area contributed by atoms with Crippen molar-refractivity contribution < 1.29 is 14.3 Å². The van der Waals surface area contributed by atoms with Crippen molar-refractivity contribution in [1.82, 2.24) is 4.98 Å². The highest BCUT2D eigenvalue weighted by molar-refractivity contribution is 7.11. The molecule has 0 amide bonds. The Labute approximate surface area is 190 Å². The smallest absolute Gasteiger partial charge is 0.174 e. The summed E-state index contributed by atoms with van der Waals surface area (Å²) in [4.78, 5) is 30.8. The van der Waals surface area contributed by atoms with Crippen molar-refractivity contribution >= 4 is 22.9 Å². The van der Waals surface area contributed by atoms with Crippen LogP contribution >= 0.6 is 11.3 Å². The zero-order valence-corrected chi connectivity index (χ0v) is 18.4. The van der Waals surface area contributed by atoms with E-state index in [2.05, 4.69) is 11.1 Å². The van der Waals surface area contributed by atoms with Crippen LogP contribution in [0.25, 0.3) is 0 Å². The number of carbonyl (C=O) groups is 2. The molecule has 1 heterocycles. The number of nitrogens with zero attached hydrogens (tertiary/aromatic N) is 2. The minimum absolute atomic E-state index is 0.0326. The molecule has 0 saturated carbocycles. The number of ketones is 2. The summed E-state index contributed by atoms with van der Waals surface area (Å²) >= 11 is 1.58. The normalized spacial score (nSPS) is 14.9. The molecular weight excluding hydrogens is 422 g/mol. The van der Waals surface area contributed by atoms with E-state index in [-0.39, 0.29) is 37.1 Å². The number of thiazole rings is 1. The molecule has 0 spiro atoms. The molecule has 4 rings (SSSR count). The molecule has 6 nitrogen and oxygen atoms in total. The van der Waals surface area contributed by atoms with Crippen LogP contribution in [-0.2, 0) is 30.5 Å². The number of Topliss-reactive ketones (excluding diaryl/α,β-unsaturated/α-hetero) is 2. The molecule has 0 fully saturated rings. The molecule has 1 aliphatic carbocycles. The SMILES string of the molecule is N#Cc1ccc(CC(=O)COc2cccc(C(=O)Cc3nc4c(s3)C[C@@H](N)CC4)c2)cc1. The number of nitriles is 1. The third kappa shape index (κ3) is 5.47. The lowest BCUT2D eigenvalue weighted by Crippen LogP contribution is -2.26. The van der Waals surface area contributed by atoms with E-state index >= 15 is 0 Å². The minimum Gasteiger partial charge on any atom is -0.486 e. The summed E-state index contributed by atoms with van der Waals surface area (Å²) in [5.41, 5.74) is 9.03. The minimum atomic E-state index is -0.0862. The third-order valence-electron chi connectivity index (χ3n) is 5.37. The van der Waals surface area contributed by atoms with Crippen LogP contribution in [0.5, 0.6) is 5.75 Å². The van der Waals surface area contributed by atoms with E-state index in [1.54, 1.807) is 59.9 Å². The highest BCUT2D eigenvalue weighted by atomic mass is 32.1. The predicted octanol–water partition coefficient (Wildman–Crippen LogP) is 3.45. The maximum Gasteiger partial charge on any atom is 0.174 e. The van der Waals surface area contributed by atoms with Crippen molar-refractivity contribution in [3.63, 3.8) is 0 Å². The molecule has 3 aromatic rings. The van der Waals surface area contributed by atoms with Gasteiger partial charge in [0.1, 0.15) is 17.4 Å². The summed E-state index contributed by atoms with van der Waals surface area (Å²) in [6, 6.07) is 16.0. The van der Waals surface area contributed by atoms with E-state index in [4.69, 9.17) is 15.7 Å². The first-order valence-corrected chi connectivity index (χ1v) is 11.3. The lowest BCUT2D eigenvalue weighted by Gasteiger charge is -2.15. The Balaban J connectivity index is 1.33. The molecule has 2 N–H and O–H groups in total. The van der Waals surface area contributed by atoms with Gasteiger partial charge >= 0.3 is 0 Å². The van der Waals surface area contributed by atoms with E-state index in [9.17, 15) is 9.59 Å². The fourth-order valence-electron chi connectivity index (χ4n) is 3.67. The second-order valence-corrected chi connectivity index (χ2v) is 9.09. The van der Waals surface area contributed by atoms with Gasteiger partial charge in [-0.15, -0.1) is 11.3 Å². The Morgan fingerprint density at radius 2 is 2.00 bits per heavy atom. The maximum atomic E-state index is 12.8. The first-order chi connectivity index (χ1) is 15.5. The maximum absolute atomic E-state index is 12.8. The number of rotatable bonds is 8. The van der Waals surface area contributed by atoms with Crippen molar-refractivity contribution in [3.8, 4) is 11.8 Å². The van der Waals surface area contributed by atoms with Crippen LogP contribution in [0, 0.1) is 11.3 Å². The van der Waals surface area contributed by atoms with Crippen LogP contribution in [0.4, 0.5) is 0 Å². The molecular formula is C25H23N3O3S. The van der Waals surface area contributed by atoms with Crippen molar-refractivity contribution in [2.75, 3.05) is 6.61 Å². The number of fused-ring (bicyclic) bond motifs is 1. The van der Waals surface area contributed by atoms with E-state index < -0.39 is 0 Å². The Bertz CT molecular complexity index is 1180. The number of aryl methyl sites for hydroxylation is 1. The van der Waals surface area contributed by atoms with Crippen LogP contribution < -0.4 is 10.5 Å². The van der Waals surface area contributed by atoms with Crippen molar-refractivity contribution in [2.24, 2.45) is 5.73 Å². The highest BCUT2D eigenvalue weighted by Gasteiger charge is 2.21. The summed E-state index contributed by atoms with van der Waals surface area (Å²) < 4.78 is 5.62. The molecule has 0 radical (unpaired) electrons. The molecule has 1 atom stereocenters. The van der Waals surface area contributed by atoms with E-state index in [0.717, 1.165) is 35.5 Å². The fourth-order valence-corrected chi connectivity index (χ4v) is 4.87. The third-order valence-corrected chi connectivity index (χ3v) is 6.49. The Hall–Kier alpha value is -3.34. The second-order valence-electron chi connectivity index (χ2n) is 7.92. The predicted molar refractivity (Wildman–Crippen MR) is 122 cm³/mol. The number of hydrogen-bond acceptors (Lipinski definition) is 7. The summed E-state index contributed by atoms with van der Waals surface area (Å²) in [5.74, 6) is 0.362. The van der Waals surface area contributed by atoms with Gasteiger partial charge < -0.3 is 10.5 Å². The molecule has 7 heteroatoms. The Morgan fingerprint density at radius 1 is 1.19 bits per heavy atom. The van der Waals surface area contributed by atoms with Crippen LogP contribution in [0.1, 0.15) is 43.5 Å². The molecule has 1 aliphatic rings. The van der Waals surface area contributed by atoms with Gasteiger partial charge in [-0.3, -0.25) is 9.59 Å². The zero-order chi connectivity index (χ0) is 22.5. The molecule has 162 valence electrons. The van der Waals surface area contributed by atoms with Crippen LogP contribution in [0.15, 0.2) is 48.5 Å². The number of hydrogen-bond donors (Lipinski definition) is 1. The number of aromatic nitrogens is 1. The Morgan fingerprint density at radius 3 is 2.78 bits per heavy atom. The second kappa shape index (κ2) is 9.86. The quantitative estimate of drug-likeness (QED) is 0.532. The van der Waals surface area contributed by atoms with Gasteiger partial charge in [-0.2, -0.15) is 5.26 Å². The van der Waals surface area contributed by atoms with Crippen molar-refractivity contribution in [1.29, 1.82) is 5.26 Å². The monoisotopic (exact) mass is 445 g/mol. The molecule has 0 saturated heterocycles. The Kier molecular flexibility index (Phi) is 6.74. The topological polar surface area (TPSA) is 106 Å². The molecule has 32 heavy (non-hydrogen) atoms. The molecule has 1 aromatic heterocycles. The fraction of sp³-hybridized carbons (Fsp3) is 0.280. The number of carbonyl (C=O) groups excluding carboxylic acids is 2. The first kappa shape index (κ1) is 21.9. The van der Waals surface area contributed by atoms with Gasteiger partial charge in [0.05, 0.1) is 23.7 Å². The van der Waals surface area contributed by atoms with Gasteiger partial charge in [-0.05, 0) is 49.1 Å². The number of benzene rings is 2. The van der Waals surface area contributed by atoms with Crippen LogP contribution in [0.2, 0.25) is 0 Å².